The van der Waals surface area contributed by atoms with Gasteiger partial charge in [0.2, 0.25) is 6.08 Å². The van der Waals surface area contributed by atoms with E-state index in [2.05, 4.69) is 4.99 Å². The SMILES string of the molecule is CCc1ccc(C(C)N=C=O)cc1Cl. The van der Waals surface area contributed by atoms with Crippen molar-refractivity contribution in [3.8, 4) is 0 Å². The number of halogens is 1. The van der Waals surface area contributed by atoms with E-state index in [1.54, 1.807) is 6.08 Å². The Morgan fingerprint density at radius 3 is 2.79 bits per heavy atom. The quantitative estimate of drug-likeness (QED) is 0.555. The van der Waals surface area contributed by atoms with E-state index in [4.69, 9.17) is 11.6 Å². The van der Waals surface area contributed by atoms with Crippen LogP contribution in [0.25, 0.3) is 0 Å². The Balaban J connectivity index is 3.01. The van der Waals surface area contributed by atoms with Gasteiger partial charge in [0.05, 0.1) is 6.04 Å². The molecule has 0 saturated carbocycles. The van der Waals surface area contributed by atoms with Crippen LogP contribution in [0.15, 0.2) is 23.2 Å². The number of aryl methyl sites for hydroxylation is 1. The molecule has 0 amide bonds. The summed E-state index contributed by atoms with van der Waals surface area (Å²) in [5.41, 5.74) is 2.05. The van der Waals surface area contributed by atoms with E-state index in [0.29, 0.717) is 0 Å². The second-order valence-electron chi connectivity index (χ2n) is 3.10. The number of nitrogens with zero attached hydrogens (tertiary/aromatic N) is 1. The molecule has 1 aromatic rings. The van der Waals surface area contributed by atoms with Gasteiger partial charge >= 0.3 is 0 Å². The van der Waals surface area contributed by atoms with Gasteiger partial charge in [-0.1, -0.05) is 30.7 Å². The van der Waals surface area contributed by atoms with Crippen molar-refractivity contribution in [1.29, 1.82) is 0 Å². The van der Waals surface area contributed by atoms with Crippen LogP contribution in [0.5, 0.6) is 0 Å². The van der Waals surface area contributed by atoms with Crippen molar-refractivity contribution in [2.75, 3.05) is 0 Å². The lowest BCUT2D eigenvalue weighted by molar-refractivity contribution is 0.559. The monoisotopic (exact) mass is 209 g/mol. The van der Waals surface area contributed by atoms with Crippen LogP contribution in [0.2, 0.25) is 5.02 Å². The summed E-state index contributed by atoms with van der Waals surface area (Å²) in [5.74, 6) is 0. The van der Waals surface area contributed by atoms with E-state index in [0.717, 1.165) is 22.6 Å². The van der Waals surface area contributed by atoms with Gasteiger partial charge in [0, 0.05) is 5.02 Å². The molecule has 0 aliphatic rings. The molecule has 1 aromatic carbocycles. The smallest absolute Gasteiger partial charge is 0.211 e. The molecular weight excluding hydrogens is 198 g/mol. The Bertz CT molecular complexity index is 370. The first-order valence-corrected chi connectivity index (χ1v) is 4.92. The number of hydrogen-bond donors (Lipinski definition) is 0. The van der Waals surface area contributed by atoms with Crippen molar-refractivity contribution < 1.29 is 4.79 Å². The van der Waals surface area contributed by atoms with Gasteiger partial charge < -0.3 is 0 Å². The summed E-state index contributed by atoms with van der Waals surface area (Å²) in [6.07, 6.45) is 2.45. The highest BCUT2D eigenvalue weighted by molar-refractivity contribution is 6.31. The summed E-state index contributed by atoms with van der Waals surface area (Å²) in [6.45, 7) is 3.88. The zero-order valence-electron chi connectivity index (χ0n) is 8.25. The fourth-order valence-electron chi connectivity index (χ4n) is 1.26. The second-order valence-corrected chi connectivity index (χ2v) is 3.51. The summed E-state index contributed by atoms with van der Waals surface area (Å²) < 4.78 is 0. The van der Waals surface area contributed by atoms with E-state index in [9.17, 15) is 4.79 Å². The van der Waals surface area contributed by atoms with Crippen LogP contribution in [-0.4, -0.2) is 6.08 Å². The van der Waals surface area contributed by atoms with Crippen molar-refractivity contribution in [2.24, 2.45) is 4.99 Å². The third-order valence-electron chi connectivity index (χ3n) is 2.19. The van der Waals surface area contributed by atoms with Crippen LogP contribution in [0.1, 0.15) is 31.0 Å². The van der Waals surface area contributed by atoms with E-state index in [1.807, 2.05) is 32.0 Å². The molecule has 2 nitrogen and oxygen atoms in total. The highest BCUT2D eigenvalue weighted by atomic mass is 35.5. The molecule has 1 atom stereocenters. The molecule has 0 N–H and O–H groups in total. The van der Waals surface area contributed by atoms with Crippen LogP contribution in [0, 0.1) is 0 Å². The molecule has 0 spiro atoms. The Labute approximate surface area is 88.6 Å². The van der Waals surface area contributed by atoms with Crippen LogP contribution in [0.3, 0.4) is 0 Å². The van der Waals surface area contributed by atoms with Crippen LogP contribution in [0.4, 0.5) is 0 Å². The van der Waals surface area contributed by atoms with Gasteiger partial charge in [-0.15, -0.1) is 0 Å². The fourth-order valence-corrected chi connectivity index (χ4v) is 1.59. The highest BCUT2D eigenvalue weighted by Gasteiger charge is 2.05. The van der Waals surface area contributed by atoms with Gasteiger partial charge in [-0.05, 0) is 30.5 Å². The maximum absolute atomic E-state index is 10.1. The number of isocyanates is 1. The summed E-state index contributed by atoms with van der Waals surface area (Å²) in [5, 5.41) is 0.734. The van der Waals surface area contributed by atoms with E-state index < -0.39 is 0 Å². The number of hydrogen-bond acceptors (Lipinski definition) is 2. The van der Waals surface area contributed by atoms with Crippen molar-refractivity contribution in [2.45, 2.75) is 26.3 Å². The normalized spacial score (nSPS) is 11.9. The lowest BCUT2D eigenvalue weighted by Crippen LogP contribution is -1.91. The van der Waals surface area contributed by atoms with Crippen LogP contribution in [-0.2, 0) is 11.2 Å². The van der Waals surface area contributed by atoms with Crippen molar-refractivity contribution in [3.05, 3.63) is 34.3 Å². The van der Waals surface area contributed by atoms with Crippen molar-refractivity contribution in [1.82, 2.24) is 0 Å². The predicted octanol–water partition coefficient (Wildman–Crippen LogP) is 3.30. The average Bonchev–Trinajstić information content (AvgIpc) is 2.18. The summed E-state index contributed by atoms with van der Waals surface area (Å²) >= 11 is 6.03. The second kappa shape index (κ2) is 4.94. The molecule has 14 heavy (non-hydrogen) atoms. The summed E-state index contributed by atoms with van der Waals surface area (Å²) in [7, 11) is 0. The molecule has 0 bridgehead atoms. The topological polar surface area (TPSA) is 29.4 Å². The molecule has 0 fully saturated rings. The summed E-state index contributed by atoms with van der Waals surface area (Å²) in [6, 6.07) is 5.59. The van der Waals surface area contributed by atoms with Gasteiger partial charge in [0.1, 0.15) is 0 Å². The first-order chi connectivity index (χ1) is 6.69. The van der Waals surface area contributed by atoms with Crippen LogP contribution >= 0.6 is 11.6 Å². The largest absolute Gasteiger partial charge is 0.235 e. The van der Waals surface area contributed by atoms with E-state index >= 15 is 0 Å². The minimum Gasteiger partial charge on any atom is -0.211 e. The van der Waals surface area contributed by atoms with Gasteiger partial charge in [-0.3, -0.25) is 0 Å². The molecule has 0 radical (unpaired) electrons. The van der Waals surface area contributed by atoms with Gasteiger partial charge in [0.15, 0.2) is 0 Å². The minimum atomic E-state index is -0.170. The molecule has 0 aromatic heterocycles. The average molecular weight is 210 g/mol. The van der Waals surface area contributed by atoms with E-state index in [1.165, 1.54) is 0 Å². The van der Waals surface area contributed by atoms with Gasteiger partial charge in [-0.25, -0.2) is 4.79 Å². The maximum Gasteiger partial charge on any atom is 0.235 e. The van der Waals surface area contributed by atoms with E-state index in [-0.39, 0.29) is 6.04 Å². The lowest BCUT2D eigenvalue weighted by Gasteiger charge is -2.07. The summed E-state index contributed by atoms with van der Waals surface area (Å²) in [4.78, 5) is 13.7. The Kier molecular flexibility index (Phi) is 3.87. The number of benzene rings is 1. The number of rotatable bonds is 3. The Morgan fingerprint density at radius 2 is 2.29 bits per heavy atom. The van der Waals surface area contributed by atoms with Gasteiger partial charge in [0.25, 0.3) is 0 Å². The maximum atomic E-state index is 10.1. The zero-order chi connectivity index (χ0) is 10.6. The number of aliphatic imine (C=N–C) groups is 1. The molecular formula is C11H12ClNO. The third kappa shape index (κ3) is 2.44. The third-order valence-corrected chi connectivity index (χ3v) is 2.54. The molecule has 1 unspecified atom stereocenters. The highest BCUT2D eigenvalue weighted by Crippen LogP contribution is 2.23. The van der Waals surface area contributed by atoms with Crippen molar-refractivity contribution >= 4 is 17.7 Å². The molecule has 3 heteroatoms. The Hall–Kier alpha value is -1.11. The molecule has 0 aliphatic carbocycles. The molecule has 0 aliphatic heterocycles. The molecule has 1 rings (SSSR count). The molecule has 74 valence electrons. The molecule has 0 heterocycles. The molecule has 0 saturated heterocycles. The number of carbonyl (C=O) groups excluding carboxylic acids is 1. The minimum absolute atomic E-state index is 0.170. The van der Waals surface area contributed by atoms with Crippen molar-refractivity contribution in [3.63, 3.8) is 0 Å². The predicted molar refractivity (Wildman–Crippen MR) is 57.4 cm³/mol. The first-order valence-electron chi connectivity index (χ1n) is 4.54. The van der Waals surface area contributed by atoms with Gasteiger partial charge in [-0.2, -0.15) is 4.99 Å². The lowest BCUT2D eigenvalue weighted by atomic mass is 10.1. The standard InChI is InChI=1S/C11H12ClNO/c1-3-9-4-5-10(6-11(9)12)8(2)13-7-14/h4-6,8H,3H2,1-2H3. The Morgan fingerprint density at radius 1 is 1.57 bits per heavy atom. The van der Waals surface area contributed by atoms with Crippen LogP contribution < -0.4 is 0 Å². The first kappa shape index (κ1) is 11.0. The fraction of sp³-hybridized carbons (Fsp3) is 0.364. The zero-order valence-corrected chi connectivity index (χ0v) is 9.01.